The number of nitrogens with one attached hydrogen (secondary N) is 1. The Bertz CT molecular complexity index is 539. The highest BCUT2D eigenvalue weighted by molar-refractivity contribution is 5.81. The summed E-state index contributed by atoms with van der Waals surface area (Å²) < 4.78 is 6.74. The van der Waals surface area contributed by atoms with Crippen molar-refractivity contribution in [2.75, 3.05) is 13.7 Å². The van der Waals surface area contributed by atoms with E-state index in [1.165, 1.54) is 7.11 Å². The number of aryl methyl sites for hydroxylation is 2. The molecule has 0 aromatic carbocycles. The smallest absolute Gasteiger partial charge is 0.305 e. The number of amides is 1. The minimum Gasteiger partial charge on any atom is -0.481 e. The summed E-state index contributed by atoms with van der Waals surface area (Å²) in [6, 6.07) is 0. The lowest BCUT2D eigenvalue weighted by molar-refractivity contribution is -0.139. The van der Waals surface area contributed by atoms with Crippen LogP contribution in [0.1, 0.15) is 30.3 Å². The highest BCUT2D eigenvalue weighted by Crippen LogP contribution is 2.15. The number of hydrogen-bond acceptors (Lipinski definition) is 4. The van der Waals surface area contributed by atoms with Crippen molar-refractivity contribution in [3.63, 3.8) is 0 Å². The fourth-order valence-electron chi connectivity index (χ4n) is 2.40. The van der Waals surface area contributed by atoms with Crippen LogP contribution < -0.4 is 5.32 Å². The first-order valence-corrected chi connectivity index (χ1v) is 6.69. The molecule has 118 valence electrons. The maximum atomic E-state index is 12.2. The van der Waals surface area contributed by atoms with Gasteiger partial charge in [0.25, 0.3) is 0 Å². The Morgan fingerprint density at radius 3 is 2.48 bits per heavy atom. The highest BCUT2D eigenvalue weighted by Gasteiger charge is 2.30. The molecule has 7 nitrogen and oxygen atoms in total. The highest BCUT2D eigenvalue weighted by atomic mass is 16.5. The predicted molar refractivity (Wildman–Crippen MR) is 77.1 cm³/mol. The monoisotopic (exact) mass is 297 g/mol. The molecule has 1 heterocycles. The summed E-state index contributed by atoms with van der Waals surface area (Å²) in [5, 5.41) is 16.0. The van der Waals surface area contributed by atoms with Crippen LogP contribution in [0.25, 0.3) is 0 Å². The average Bonchev–Trinajstić information content (AvgIpc) is 2.54. The van der Waals surface area contributed by atoms with Crippen LogP contribution in [-0.4, -0.2) is 46.0 Å². The number of rotatable bonds is 7. The Morgan fingerprint density at radius 2 is 2.05 bits per heavy atom. The Kier molecular flexibility index (Phi) is 5.48. The molecule has 1 atom stereocenters. The average molecular weight is 297 g/mol. The van der Waals surface area contributed by atoms with E-state index in [4.69, 9.17) is 9.84 Å². The van der Waals surface area contributed by atoms with Gasteiger partial charge in [0.05, 0.1) is 30.7 Å². The second-order valence-corrected chi connectivity index (χ2v) is 5.56. The van der Waals surface area contributed by atoms with Crippen molar-refractivity contribution in [2.24, 2.45) is 7.05 Å². The molecule has 21 heavy (non-hydrogen) atoms. The van der Waals surface area contributed by atoms with Gasteiger partial charge in [-0.15, -0.1) is 0 Å². The maximum absolute atomic E-state index is 12.2. The largest absolute Gasteiger partial charge is 0.481 e. The molecule has 2 N–H and O–H groups in total. The fourth-order valence-corrected chi connectivity index (χ4v) is 2.40. The molecule has 0 fully saturated rings. The number of methoxy groups -OCH3 is 1. The third kappa shape index (κ3) is 4.56. The first kappa shape index (κ1) is 17.2. The molecule has 0 saturated carbocycles. The summed E-state index contributed by atoms with van der Waals surface area (Å²) >= 11 is 0. The number of ether oxygens (including phenoxy) is 1. The van der Waals surface area contributed by atoms with Crippen LogP contribution in [0.5, 0.6) is 0 Å². The molecule has 0 saturated heterocycles. The number of aliphatic carboxylic acids is 1. The summed E-state index contributed by atoms with van der Waals surface area (Å²) in [5.74, 6) is -1.22. The first-order chi connectivity index (χ1) is 9.68. The molecular formula is C14H23N3O4. The number of carboxylic acids is 1. The maximum Gasteiger partial charge on any atom is 0.305 e. The van der Waals surface area contributed by atoms with Crippen LogP contribution in [0.3, 0.4) is 0 Å². The first-order valence-electron chi connectivity index (χ1n) is 6.69. The predicted octanol–water partition coefficient (Wildman–Crippen LogP) is 0.575. The Hall–Kier alpha value is -1.89. The third-order valence-corrected chi connectivity index (χ3v) is 3.44. The van der Waals surface area contributed by atoms with Crippen LogP contribution >= 0.6 is 0 Å². The minimum absolute atomic E-state index is 0.135. The van der Waals surface area contributed by atoms with Gasteiger partial charge >= 0.3 is 5.97 Å². The van der Waals surface area contributed by atoms with Gasteiger partial charge in [-0.25, -0.2) is 0 Å². The molecule has 0 spiro atoms. The molecule has 0 aliphatic rings. The van der Waals surface area contributed by atoms with E-state index in [1.807, 2.05) is 20.9 Å². The summed E-state index contributed by atoms with van der Waals surface area (Å²) in [6.45, 7) is 5.54. The van der Waals surface area contributed by atoms with Gasteiger partial charge in [0.15, 0.2) is 0 Å². The van der Waals surface area contributed by atoms with Crippen LogP contribution in [-0.2, 0) is 27.8 Å². The van der Waals surface area contributed by atoms with E-state index >= 15 is 0 Å². The van der Waals surface area contributed by atoms with Crippen LogP contribution in [0.2, 0.25) is 0 Å². The lowest BCUT2D eigenvalue weighted by Crippen LogP contribution is -2.51. The quantitative estimate of drug-likeness (QED) is 0.767. The van der Waals surface area contributed by atoms with Gasteiger partial charge in [-0.2, -0.15) is 5.10 Å². The lowest BCUT2D eigenvalue weighted by atomic mass is 9.98. The number of hydrogen-bond donors (Lipinski definition) is 2. The number of carbonyl (C=O) groups is 2. The number of carboxylic acid groups (broad SMARTS) is 1. The second kappa shape index (κ2) is 6.71. The molecule has 0 aliphatic carbocycles. The van der Waals surface area contributed by atoms with Gasteiger partial charge in [-0.05, 0) is 20.8 Å². The standard InChI is InChI=1S/C14H23N3O4/c1-9-11(10(2)17(4)16-9)6-12(18)15-14(3,8-21-5)7-13(19)20/h6-8H2,1-5H3,(H,15,18)(H,19,20). The van der Waals surface area contributed by atoms with Gasteiger partial charge in [-0.1, -0.05) is 0 Å². The Balaban J connectivity index is 2.81. The summed E-state index contributed by atoms with van der Waals surface area (Å²) in [7, 11) is 3.30. The molecule has 1 amide bonds. The van der Waals surface area contributed by atoms with E-state index in [2.05, 4.69) is 10.4 Å². The zero-order chi connectivity index (χ0) is 16.2. The molecule has 1 rings (SSSR count). The Labute approximate surface area is 124 Å². The van der Waals surface area contributed by atoms with Gasteiger partial charge in [-0.3, -0.25) is 14.3 Å². The Morgan fingerprint density at radius 1 is 1.43 bits per heavy atom. The van der Waals surface area contributed by atoms with E-state index in [9.17, 15) is 9.59 Å². The van der Waals surface area contributed by atoms with Crippen LogP contribution in [0.4, 0.5) is 0 Å². The van der Waals surface area contributed by atoms with Crippen molar-refractivity contribution in [3.8, 4) is 0 Å². The van der Waals surface area contributed by atoms with Crippen molar-refractivity contribution < 1.29 is 19.4 Å². The van der Waals surface area contributed by atoms with Crippen molar-refractivity contribution in [3.05, 3.63) is 17.0 Å². The van der Waals surface area contributed by atoms with E-state index in [0.29, 0.717) is 0 Å². The SMILES string of the molecule is COCC(C)(CC(=O)O)NC(=O)Cc1c(C)nn(C)c1C. The van der Waals surface area contributed by atoms with Crippen molar-refractivity contribution in [1.29, 1.82) is 0 Å². The topological polar surface area (TPSA) is 93.4 Å². The van der Waals surface area contributed by atoms with E-state index in [0.717, 1.165) is 17.0 Å². The number of aromatic nitrogens is 2. The molecule has 1 aromatic rings. The minimum atomic E-state index is -0.983. The van der Waals surface area contributed by atoms with Crippen molar-refractivity contribution >= 4 is 11.9 Å². The molecular weight excluding hydrogens is 274 g/mol. The van der Waals surface area contributed by atoms with Crippen molar-refractivity contribution in [1.82, 2.24) is 15.1 Å². The van der Waals surface area contributed by atoms with Gasteiger partial charge in [0.1, 0.15) is 0 Å². The van der Waals surface area contributed by atoms with Crippen LogP contribution in [0, 0.1) is 13.8 Å². The summed E-state index contributed by atoms with van der Waals surface area (Å²) in [5.41, 5.74) is 1.66. The molecule has 0 radical (unpaired) electrons. The molecule has 7 heteroatoms. The summed E-state index contributed by atoms with van der Waals surface area (Å²) in [4.78, 5) is 23.1. The van der Waals surface area contributed by atoms with Gasteiger partial charge in [0.2, 0.25) is 5.91 Å². The van der Waals surface area contributed by atoms with Crippen LogP contribution in [0.15, 0.2) is 0 Å². The van der Waals surface area contributed by atoms with E-state index in [1.54, 1.807) is 11.6 Å². The lowest BCUT2D eigenvalue weighted by Gasteiger charge is -2.28. The fraction of sp³-hybridized carbons (Fsp3) is 0.643. The normalized spacial score (nSPS) is 13.8. The van der Waals surface area contributed by atoms with Gasteiger partial charge in [0, 0.05) is 25.4 Å². The summed E-state index contributed by atoms with van der Waals surface area (Å²) in [6.07, 6.45) is -0.0258. The zero-order valence-electron chi connectivity index (χ0n) is 13.2. The number of nitrogens with zero attached hydrogens (tertiary/aromatic N) is 2. The third-order valence-electron chi connectivity index (χ3n) is 3.44. The van der Waals surface area contributed by atoms with Crippen molar-refractivity contribution in [2.45, 2.75) is 39.2 Å². The second-order valence-electron chi connectivity index (χ2n) is 5.56. The molecule has 0 bridgehead atoms. The molecule has 0 aliphatic heterocycles. The van der Waals surface area contributed by atoms with E-state index in [-0.39, 0.29) is 25.4 Å². The molecule has 1 unspecified atom stereocenters. The van der Waals surface area contributed by atoms with Gasteiger partial charge < -0.3 is 15.2 Å². The number of carbonyl (C=O) groups excluding carboxylic acids is 1. The van der Waals surface area contributed by atoms with E-state index < -0.39 is 11.5 Å². The zero-order valence-corrected chi connectivity index (χ0v) is 13.2. The molecule has 1 aromatic heterocycles.